The topological polar surface area (TPSA) is 18.5 Å². The van der Waals surface area contributed by atoms with Gasteiger partial charge in [0.2, 0.25) is 0 Å². The molecule has 1 aromatic carbocycles. The molecule has 1 unspecified atom stereocenters. The van der Waals surface area contributed by atoms with Gasteiger partial charge in [-0.15, -0.1) is 11.6 Å². The highest BCUT2D eigenvalue weighted by molar-refractivity contribution is 6.18. The minimum atomic E-state index is 0.514. The minimum absolute atomic E-state index is 0.514. The van der Waals surface area contributed by atoms with Crippen molar-refractivity contribution in [1.29, 1.82) is 0 Å². The predicted molar refractivity (Wildman–Crippen MR) is 76.6 cm³/mol. The van der Waals surface area contributed by atoms with E-state index >= 15 is 0 Å². The second-order valence-corrected chi connectivity index (χ2v) is 4.83. The van der Waals surface area contributed by atoms with Crippen LogP contribution >= 0.6 is 11.6 Å². The van der Waals surface area contributed by atoms with Crippen LogP contribution in [-0.4, -0.2) is 26.7 Å². The zero-order valence-corrected chi connectivity index (χ0v) is 12.1. The molecule has 0 saturated carbocycles. The number of benzene rings is 1. The molecule has 1 atom stereocenters. The van der Waals surface area contributed by atoms with E-state index in [1.807, 2.05) is 18.2 Å². The third-order valence-corrected chi connectivity index (χ3v) is 3.57. The zero-order chi connectivity index (χ0) is 13.2. The van der Waals surface area contributed by atoms with Gasteiger partial charge in [-0.05, 0) is 36.8 Å². The van der Waals surface area contributed by atoms with E-state index < -0.39 is 0 Å². The van der Waals surface area contributed by atoms with Crippen molar-refractivity contribution in [2.24, 2.45) is 5.92 Å². The Kier molecular flexibility index (Phi) is 7.86. The molecule has 0 bridgehead atoms. The van der Waals surface area contributed by atoms with E-state index in [-0.39, 0.29) is 0 Å². The number of ether oxygens (including phenoxy) is 2. The highest BCUT2D eigenvalue weighted by Crippen LogP contribution is 2.24. The van der Waals surface area contributed by atoms with Gasteiger partial charge in [0.25, 0.3) is 0 Å². The Morgan fingerprint density at radius 2 is 1.94 bits per heavy atom. The van der Waals surface area contributed by atoms with Crippen LogP contribution in [0.25, 0.3) is 0 Å². The van der Waals surface area contributed by atoms with Gasteiger partial charge in [0.05, 0.1) is 7.11 Å². The fourth-order valence-corrected chi connectivity index (χ4v) is 2.36. The Balaban J connectivity index is 2.46. The highest BCUT2D eigenvalue weighted by Gasteiger charge is 2.11. The lowest BCUT2D eigenvalue weighted by molar-refractivity contribution is 0.190. The lowest BCUT2D eigenvalue weighted by atomic mass is 9.95. The number of rotatable bonds is 9. The average Bonchev–Trinajstić information content (AvgIpc) is 2.42. The molecule has 0 spiro atoms. The maximum Gasteiger partial charge on any atom is 0.122 e. The molecule has 18 heavy (non-hydrogen) atoms. The molecule has 0 N–H and O–H groups in total. The third-order valence-electron chi connectivity index (χ3n) is 3.13. The van der Waals surface area contributed by atoms with E-state index in [9.17, 15) is 0 Å². The van der Waals surface area contributed by atoms with Crippen molar-refractivity contribution in [2.45, 2.75) is 25.7 Å². The van der Waals surface area contributed by atoms with Gasteiger partial charge in [-0.2, -0.15) is 0 Å². The molecule has 0 heterocycles. The summed E-state index contributed by atoms with van der Waals surface area (Å²) < 4.78 is 10.4. The van der Waals surface area contributed by atoms with Crippen molar-refractivity contribution in [3.8, 4) is 5.75 Å². The van der Waals surface area contributed by atoms with Crippen LogP contribution in [0.2, 0.25) is 0 Å². The smallest absolute Gasteiger partial charge is 0.122 e. The molecule has 2 nitrogen and oxygen atoms in total. The van der Waals surface area contributed by atoms with Crippen molar-refractivity contribution in [1.82, 2.24) is 0 Å². The quantitative estimate of drug-likeness (QED) is 0.500. The summed E-state index contributed by atoms with van der Waals surface area (Å²) in [6, 6.07) is 8.17. The first-order valence-corrected chi connectivity index (χ1v) is 7.02. The molecule has 0 radical (unpaired) electrons. The molecule has 0 aliphatic rings. The van der Waals surface area contributed by atoms with Crippen LogP contribution in [0.3, 0.4) is 0 Å². The van der Waals surface area contributed by atoms with E-state index in [2.05, 4.69) is 6.07 Å². The van der Waals surface area contributed by atoms with Crippen LogP contribution < -0.4 is 4.74 Å². The Hall–Kier alpha value is -0.730. The van der Waals surface area contributed by atoms with E-state index in [1.165, 1.54) is 12.0 Å². The van der Waals surface area contributed by atoms with Crippen molar-refractivity contribution < 1.29 is 9.47 Å². The first kappa shape index (κ1) is 15.3. The summed E-state index contributed by atoms with van der Waals surface area (Å²) in [5.74, 6) is 2.18. The van der Waals surface area contributed by atoms with E-state index in [4.69, 9.17) is 21.1 Å². The van der Waals surface area contributed by atoms with Gasteiger partial charge in [0.15, 0.2) is 0 Å². The molecule has 0 aromatic heterocycles. The Bertz CT molecular complexity index is 328. The molecule has 102 valence electrons. The van der Waals surface area contributed by atoms with Crippen LogP contribution in [0.15, 0.2) is 24.3 Å². The lowest BCUT2D eigenvalue weighted by Crippen LogP contribution is -2.08. The standard InChI is InChI=1S/C15H23ClO2/c1-17-10-6-5-7-13(12-16)11-14-8-3-4-9-15(14)18-2/h3-4,8-9,13H,5-7,10-12H2,1-2H3. The summed E-state index contributed by atoms with van der Waals surface area (Å²) in [7, 11) is 3.46. The number of alkyl halides is 1. The zero-order valence-electron chi connectivity index (χ0n) is 11.3. The van der Waals surface area contributed by atoms with Gasteiger partial charge in [0.1, 0.15) is 5.75 Å². The van der Waals surface area contributed by atoms with Crippen molar-refractivity contribution >= 4 is 11.6 Å². The Morgan fingerprint density at radius 3 is 2.61 bits per heavy atom. The molecule has 3 heteroatoms. The summed E-state index contributed by atoms with van der Waals surface area (Å²) in [5, 5.41) is 0. The number of methoxy groups -OCH3 is 2. The number of halogens is 1. The molecular formula is C15H23ClO2. The van der Waals surface area contributed by atoms with Crippen molar-refractivity contribution in [2.75, 3.05) is 26.7 Å². The molecule has 0 aliphatic carbocycles. The molecular weight excluding hydrogens is 248 g/mol. The second-order valence-electron chi connectivity index (χ2n) is 4.52. The number of hydrogen-bond acceptors (Lipinski definition) is 2. The number of hydrogen-bond donors (Lipinski definition) is 0. The fourth-order valence-electron chi connectivity index (χ4n) is 2.10. The van der Waals surface area contributed by atoms with E-state index in [0.29, 0.717) is 11.8 Å². The predicted octanol–water partition coefficient (Wildman–Crippen LogP) is 3.91. The summed E-state index contributed by atoms with van der Waals surface area (Å²) in [6.45, 7) is 0.837. The SMILES string of the molecule is COCCCCC(CCl)Cc1ccccc1OC. The van der Waals surface area contributed by atoms with Crippen LogP contribution in [0, 0.1) is 5.92 Å². The molecule has 1 aromatic rings. The highest BCUT2D eigenvalue weighted by atomic mass is 35.5. The van der Waals surface area contributed by atoms with Gasteiger partial charge >= 0.3 is 0 Å². The summed E-state index contributed by atoms with van der Waals surface area (Å²) in [6.07, 6.45) is 4.40. The van der Waals surface area contributed by atoms with E-state index in [0.717, 1.165) is 31.6 Å². The Labute approximate surface area is 115 Å². The lowest BCUT2D eigenvalue weighted by Gasteiger charge is -2.15. The van der Waals surface area contributed by atoms with Crippen LogP contribution in [0.1, 0.15) is 24.8 Å². The van der Waals surface area contributed by atoms with Gasteiger partial charge in [-0.1, -0.05) is 24.6 Å². The summed E-state index contributed by atoms with van der Waals surface area (Å²) >= 11 is 6.05. The van der Waals surface area contributed by atoms with Gasteiger partial charge in [-0.25, -0.2) is 0 Å². The van der Waals surface area contributed by atoms with Gasteiger partial charge in [-0.3, -0.25) is 0 Å². The fraction of sp³-hybridized carbons (Fsp3) is 0.600. The molecule has 1 rings (SSSR count). The first-order valence-electron chi connectivity index (χ1n) is 6.48. The van der Waals surface area contributed by atoms with Crippen LogP contribution in [0.5, 0.6) is 5.75 Å². The molecule has 0 fully saturated rings. The molecule has 0 aliphatic heterocycles. The third kappa shape index (κ3) is 5.28. The largest absolute Gasteiger partial charge is 0.496 e. The monoisotopic (exact) mass is 270 g/mol. The maximum atomic E-state index is 6.05. The van der Waals surface area contributed by atoms with Crippen LogP contribution in [0.4, 0.5) is 0 Å². The summed E-state index contributed by atoms with van der Waals surface area (Å²) in [4.78, 5) is 0. The van der Waals surface area contributed by atoms with Crippen molar-refractivity contribution in [3.63, 3.8) is 0 Å². The molecule has 0 amide bonds. The maximum absolute atomic E-state index is 6.05. The first-order chi connectivity index (χ1) is 8.81. The van der Waals surface area contributed by atoms with E-state index in [1.54, 1.807) is 14.2 Å². The second kappa shape index (κ2) is 9.23. The minimum Gasteiger partial charge on any atom is -0.496 e. The normalized spacial score (nSPS) is 12.4. The Morgan fingerprint density at radius 1 is 1.17 bits per heavy atom. The van der Waals surface area contributed by atoms with Gasteiger partial charge in [0, 0.05) is 19.6 Å². The average molecular weight is 271 g/mol. The summed E-state index contributed by atoms with van der Waals surface area (Å²) in [5.41, 5.74) is 1.25. The van der Waals surface area contributed by atoms with Crippen LogP contribution in [-0.2, 0) is 11.2 Å². The number of unbranched alkanes of at least 4 members (excludes halogenated alkanes) is 1. The molecule has 0 saturated heterocycles. The number of para-hydroxylation sites is 1. The van der Waals surface area contributed by atoms with Gasteiger partial charge < -0.3 is 9.47 Å². The van der Waals surface area contributed by atoms with Crippen molar-refractivity contribution in [3.05, 3.63) is 29.8 Å².